The van der Waals surface area contributed by atoms with Gasteiger partial charge in [-0.2, -0.15) is 0 Å². The SMILES string of the molecule is Cc1cc(C(=O)O)cc2ccc(=O)n(Cc3ccccc3Cl)c12. The van der Waals surface area contributed by atoms with Gasteiger partial charge in [-0.25, -0.2) is 4.79 Å². The first-order valence-electron chi connectivity index (χ1n) is 7.08. The number of aromatic carboxylic acids is 1. The number of hydrogen-bond donors (Lipinski definition) is 1. The van der Waals surface area contributed by atoms with Crippen LogP contribution in [0.25, 0.3) is 10.9 Å². The molecule has 0 aliphatic carbocycles. The molecule has 2 aromatic carbocycles. The maximum Gasteiger partial charge on any atom is 0.335 e. The van der Waals surface area contributed by atoms with Gasteiger partial charge in [-0.05, 0) is 47.7 Å². The van der Waals surface area contributed by atoms with E-state index in [2.05, 4.69) is 0 Å². The van der Waals surface area contributed by atoms with Gasteiger partial charge in [0.05, 0.1) is 17.6 Å². The number of carboxylic acid groups (broad SMARTS) is 1. The van der Waals surface area contributed by atoms with E-state index in [-0.39, 0.29) is 11.1 Å². The summed E-state index contributed by atoms with van der Waals surface area (Å²) in [7, 11) is 0. The number of halogens is 1. The molecule has 0 unspecified atom stereocenters. The molecule has 116 valence electrons. The summed E-state index contributed by atoms with van der Waals surface area (Å²) < 4.78 is 1.62. The second kappa shape index (κ2) is 5.89. The number of rotatable bonds is 3. The normalized spacial score (nSPS) is 10.9. The Morgan fingerprint density at radius 1 is 1.17 bits per heavy atom. The van der Waals surface area contributed by atoms with Crippen LogP contribution in [0.15, 0.2) is 53.3 Å². The predicted octanol–water partition coefficient (Wildman–Crippen LogP) is 3.71. The molecule has 23 heavy (non-hydrogen) atoms. The molecule has 0 aliphatic rings. The van der Waals surface area contributed by atoms with Gasteiger partial charge >= 0.3 is 5.97 Å². The number of pyridine rings is 1. The summed E-state index contributed by atoms with van der Waals surface area (Å²) in [5.74, 6) is -0.987. The molecule has 0 spiro atoms. The van der Waals surface area contributed by atoms with Gasteiger partial charge in [0.2, 0.25) is 0 Å². The first kappa shape index (κ1) is 15.3. The number of fused-ring (bicyclic) bond motifs is 1. The zero-order valence-electron chi connectivity index (χ0n) is 12.4. The van der Waals surface area contributed by atoms with Crippen molar-refractivity contribution in [1.29, 1.82) is 0 Å². The summed E-state index contributed by atoms with van der Waals surface area (Å²) >= 11 is 6.19. The van der Waals surface area contributed by atoms with E-state index in [9.17, 15) is 14.7 Å². The number of carbonyl (C=O) groups is 1. The highest BCUT2D eigenvalue weighted by Gasteiger charge is 2.12. The highest BCUT2D eigenvalue weighted by molar-refractivity contribution is 6.31. The Labute approximate surface area is 137 Å². The molecule has 0 atom stereocenters. The van der Waals surface area contributed by atoms with E-state index in [1.54, 1.807) is 35.8 Å². The van der Waals surface area contributed by atoms with Crippen LogP contribution < -0.4 is 5.56 Å². The molecule has 0 saturated carbocycles. The van der Waals surface area contributed by atoms with Crippen LogP contribution in [0.5, 0.6) is 0 Å². The number of nitrogens with zero attached hydrogens (tertiary/aromatic N) is 1. The molecule has 1 heterocycles. The lowest BCUT2D eigenvalue weighted by molar-refractivity contribution is 0.0697. The van der Waals surface area contributed by atoms with Crippen molar-refractivity contribution >= 4 is 28.5 Å². The van der Waals surface area contributed by atoms with Crippen LogP contribution >= 0.6 is 11.6 Å². The van der Waals surface area contributed by atoms with E-state index >= 15 is 0 Å². The largest absolute Gasteiger partial charge is 0.478 e. The third-order valence-electron chi connectivity index (χ3n) is 3.80. The number of aromatic nitrogens is 1. The minimum Gasteiger partial charge on any atom is -0.478 e. The standard InChI is InChI=1S/C18H14ClNO3/c1-11-8-14(18(22)23)9-12-6-7-16(21)20(17(11)12)10-13-4-2-3-5-15(13)19/h2-9H,10H2,1H3,(H,22,23). The van der Waals surface area contributed by atoms with E-state index in [0.29, 0.717) is 17.0 Å². The highest BCUT2D eigenvalue weighted by Crippen LogP contribution is 2.22. The van der Waals surface area contributed by atoms with Crippen molar-refractivity contribution in [3.05, 3.63) is 80.6 Å². The van der Waals surface area contributed by atoms with Gasteiger partial charge in [-0.15, -0.1) is 0 Å². The summed E-state index contributed by atoms with van der Waals surface area (Å²) in [6.07, 6.45) is 0. The lowest BCUT2D eigenvalue weighted by atomic mass is 10.1. The molecule has 0 radical (unpaired) electrons. The Morgan fingerprint density at radius 2 is 1.91 bits per heavy atom. The lowest BCUT2D eigenvalue weighted by Crippen LogP contribution is -2.21. The molecule has 3 aromatic rings. The van der Waals surface area contributed by atoms with Gasteiger partial charge in [0.1, 0.15) is 0 Å². The molecule has 0 amide bonds. The van der Waals surface area contributed by atoms with Gasteiger partial charge in [-0.3, -0.25) is 4.79 Å². The maximum absolute atomic E-state index is 12.3. The van der Waals surface area contributed by atoms with E-state index in [4.69, 9.17) is 11.6 Å². The Morgan fingerprint density at radius 3 is 2.61 bits per heavy atom. The Balaban J connectivity index is 2.24. The average molecular weight is 328 g/mol. The smallest absolute Gasteiger partial charge is 0.335 e. The van der Waals surface area contributed by atoms with E-state index in [0.717, 1.165) is 16.6 Å². The predicted molar refractivity (Wildman–Crippen MR) is 90.5 cm³/mol. The van der Waals surface area contributed by atoms with Crippen molar-refractivity contribution in [3.8, 4) is 0 Å². The van der Waals surface area contributed by atoms with Crippen LogP contribution in [0.4, 0.5) is 0 Å². The molecule has 4 nitrogen and oxygen atoms in total. The zero-order chi connectivity index (χ0) is 16.6. The van der Waals surface area contributed by atoms with Gasteiger partial charge in [0, 0.05) is 11.1 Å². The van der Waals surface area contributed by atoms with E-state index < -0.39 is 5.97 Å². The minimum atomic E-state index is -0.987. The van der Waals surface area contributed by atoms with Gasteiger partial charge in [0.15, 0.2) is 0 Å². The number of benzene rings is 2. The van der Waals surface area contributed by atoms with Crippen molar-refractivity contribution in [2.24, 2.45) is 0 Å². The van der Waals surface area contributed by atoms with Crippen molar-refractivity contribution in [1.82, 2.24) is 4.57 Å². The fourth-order valence-electron chi connectivity index (χ4n) is 2.74. The average Bonchev–Trinajstić information content (AvgIpc) is 2.51. The van der Waals surface area contributed by atoms with Crippen LogP contribution in [-0.4, -0.2) is 15.6 Å². The summed E-state index contributed by atoms with van der Waals surface area (Å²) in [4.78, 5) is 23.5. The van der Waals surface area contributed by atoms with Crippen molar-refractivity contribution in [2.75, 3.05) is 0 Å². The Kier molecular flexibility index (Phi) is 3.92. The van der Waals surface area contributed by atoms with Crippen LogP contribution in [0.1, 0.15) is 21.5 Å². The third kappa shape index (κ3) is 2.85. The molecule has 0 aliphatic heterocycles. The maximum atomic E-state index is 12.3. The van der Waals surface area contributed by atoms with Crippen molar-refractivity contribution in [3.63, 3.8) is 0 Å². The molecular formula is C18H14ClNO3. The number of hydrogen-bond acceptors (Lipinski definition) is 2. The summed E-state index contributed by atoms with van der Waals surface area (Å²) in [5, 5.41) is 10.5. The Hall–Kier alpha value is -2.59. The lowest BCUT2D eigenvalue weighted by Gasteiger charge is -2.14. The van der Waals surface area contributed by atoms with Crippen molar-refractivity contribution in [2.45, 2.75) is 13.5 Å². The number of aryl methyl sites for hydroxylation is 1. The fraction of sp³-hybridized carbons (Fsp3) is 0.111. The van der Waals surface area contributed by atoms with Crippen molar-refractivity contribution < 1.29 is 9.90 Å². The third-order valence-corrected chi connectivity index (χ3v) is 4.17. The molecule has 3 rings (SSSR count). The van der Waals surface area contributed by atoms with Crippen LogP contribution in [0.3, 0.4) is 0 Å². The second-order valence-electron chi connectivity index (χ2n) is 5.39. The van der Waals surface area contributed by atoms with Gasteiger partial charge in [-0.1, -0.05) is 29.8 Å². The molecule has 1 aromatic heterocycles. The molecule has 1 N–H and O–H groups in total. The van der Waals surface area contributed by atoms with Crippen LogP contribution in [0.2, 0.25) is 5.02 Å². The van der Waals surface area contributed by atoms with Crippen LogP contribution in [-0.2, 0) is 6.54 Å². The molecule has 0 bridgehead atoms. The topological polar surface area (TPSA) is 59.3 Å². The van der Waals surface area contributed by atoms with E-state index in [1.807, 2.05) is 18.2 Å². The fourth-order valence-corrected chi connectivity index (χ4v) is 2.94. The first-order valence-corrected chi connectivity index (χ1v) is 7.46. The monoisotopic (exact) mass is 327 g/mol. The molecule has 0 saturated heterocycles. The van der Waals surface area contributed by atoms with Gasteiger partial charge in [0.25, 0.3) is 5.56 Å². The number of carboxylic acids is 1. The summed E-state index contributed by atoms with van der Waals surface area (Å²) in [6.45, 7) is 2.14. The molecule has 0 fully saturated rings. The van der Waals surface area contributed by atoms with Crippen LogP contribution in [0, 0.1) is 6.92 Å². The van der Waals surface area contributed by atoms with Gasteiger partial charge < -0.3 is 9.67 Å². The molecule has 5 heteroatoms. The quantitative estimate of drug-likeness (QED) is 0.797. The highest BCUT2D eigenvalue weighted by atomic mass is 35.5. The summed E-state index contributed by atoms with van der Waals surface area (Å²) in [6, 6.07) is 13.6. The minimum absolute atomic E-state index is 0.149. The summed E-state index contributed by atoms with van der Waals surface area (Å²) in [5.41, 5.74) is 2.36. The van der Waals surface area contributed by atoms with E-state index in [1.165, 1.54) is 6.07 Å². The Bertz CT molecular complexity index is 976. The second-order valence-corrected chi connectivity index (χ2v) is 5.79. The molecular weight excluding hydrogens is 314 g/mol. The zero-order valence-corrected chi connectivity index (χ0v) is 13.2. The first-order chi connectivity index (χ1) is 11.0.